The Hall–Kier alpha value is -3.40. The number of amides is 2. The molecule has 1 saturated heterocycles. The van der Waals surface area contributed by atoms with Gasteiger partial charge in [0.25, 0.3) is 0 Å². The summed E-state index contributed by atoms with van der Waals surface area (Å²) in [4.78, 5) is 29.0. The van der Waals surface area contributed by atoms with Crippen LogP contribution < -0.4 is 15.8 Å². The summed E-state index contributed by atoms with van der Waals surface area (Å²) >= 11 is 0.589. The predicted octanol–water partition coefficient (Wildman–Crippen LogP) is 3.76. The summed E-state index contributed by atoms with van der Waals surface area (Å²) in [5.74, 6) is -4.47. The molecule has 3 N–H and O–H groups in total. The van der Waals surface area contributed by atoms with Crippen LogP contribution in [0.1, 0.15) is 10.4 Å². The van der Waals surface area contributed by atoms with E-state index in [1.165, 1.54) is 0 Å². The van der Waals surface area contributed by atoms with Gasteiger partial charge in [-0.05, 0) is 31.3 Å². The molecule has 1 fully saturated rings. The Morgan fingerprint density at radius 1 is 1.03 bits per heavy atom. The molecule has 4 rings (SSSR count). The fourth-order valence-electron chi connectivity index (χ4n) is 3.86. The summed E-state index contributed by atoms with van der Waals surface area (Å²) in [6, 6.07) is 4.94. The number of primary amides is 1. The lowest BCUT2D eigenvalue weighted by Gasteiger charge is -2.31. The van der Waals surface area contributed by atoms with Gasteiger partial charge in [-0.1, -0.05) is 17.4 Å². The van der Waals surface area contributed by atoms with E-state index >= 15 is 0 Å². The van der Waals surface area contributed by atoms with Gasteiger partial charge in [-0.15, -0.1) is 35.8 Å². The Morgan fingerprint density at radius 2 is 1.62 bits per heavy atom. The highest BCUT2D eigenvalue weighted by Crippen LogP contribution is 2.43. The first kappa shape index (κ1) is 30.1. The second-order valence-electron chi connectivity index (χ2n) is 8.41. The number of carbonyl (C=O) groups excluding carboxylic acids is 2. The maximum Gasteiger partial charge on any atom is 0.573 e. The standard InChI is InChI=1S/C23H21F5N6O3S.ClH/c1-33-7-9-34(10-8-33)11-16(35)30-19-15(37-23(26,27)28)6-5-12(20(29)36)17(19)21-31-32-22(38-21)18-13(24)3-2-4-14(18)25;/h2-6H,7-11H2,1H3,(H2,29,36)(H,30,35);1H. The second-order valence-corrected chi connectivity index (χ2v) is 9.39. The number of halogens is 6. The monoisotopic (exact) mass is 592 g/mol. The van der Waals surface area contributed by atoms with Crippen molar-refractivity contribution in [3.05, 3.63) is 47.5 Å². The van der Waals surface area contributed by atoms with Crippen LogP contribution in [0.2, 0.25) is 0 Å². The van der Waals surface area contributed by atoms with Crippen LogP contribution in [0, 0.1) is 11.6 Å². The van der Waals surface area contributed by atoms with Crippen LogP contribution in [0.3, 0.4) is 0 Å². The van der Waals surface area contributed by atoms with Crippen LogP contribution in [-0.2, 0) is 4.79 Å². The number of alkyl halides is 3. The first-order valence-electron chi connectivity index (χ1n) is 11.1. The number of ether oxygens (including phenoxy) is 1. The minimum atomic E-state index is -5.15. The number of hydrogen-bond acceptors (Lipinski definition) is 8. The largest absolute Gasteiger partial charge is 0.573 e. The summed E-state index contributed by atoms with van der Waals surface area (Å²) in [5, 5.41) is 9.52. The summed E-state index contributed by atoms with van der Waals surface area (Å²) in [7, 11) is 1.92. The van der Waals surface area contributed by atoms with Gasteiger partial charge in [0.05, 0.1) is 28.9 Å². The van der Waals surface area contributed by atoms with Crippen molar-refractivity contribution >= 4 is 41.2 Å². The van der Waals surface area contributed by atoms with E-state index in [0.29, 0.717) is 37.5 Å². The Labute approximate surface area is 229 Å². The number of nitrogens with zero attached hydrogens (tertiary/aromatic N) is 4. The van der Waals surface area contributed by atoms with Crippen LogP contribution in [-0.4, -0.2) is 77.9 Å². The third kappa shape index (κ3) is 7.17. The molecule has 0 unspecified atom stereocenters. The zero-order valence-electron chi connectivity index (χ0n) is 20.2. The van der Waals surface area contributed by atoms with Crippen molar-refractivity contribution in [1.29, 1.82) is 0 Å². The molecule has 1 aliphatic heterocycles. The molecular formula is C23H22ClF5N6O3S. The molecule has 210 valence electrons. The molecule has 3 aromatic rings. The molecule has 0 saturated carbocycles. The van der Waals surface area contributed by atoms with Crippen molar-refractivity contribution in [2.45, 2.75) is 6.36 Å². The van der Waals surface area contributed by atoms with Crippen molar-refractivity contribution in [2.75, 3.05) is 45.1 Å². The van der Waals surface area contributed by atoms with Crippen molar-refractivity contribution < 1.29 is 36.3 Å². The molecule has 2 amide bonds. The second kappa shape index (κ2) is 12.2. The van der Waals surface area contributed by atoms with E-state index in [1.807, 2.05) is 7.05 Å². The number of carbonyl (C=O) groups is 2. The summed E-state index contributed by atoms with van der Waals surface area (Å²) < 4.78 is 72.4. The number of aromatic nitrogens is 2. The van der Waals surface area contributed by atoms with Crippen LogP contribution in [0.4, 0.5) is 27.6 Å². The Bertz CT molecular complexity index is 1340. The van der Waals surface area contributed by atoms with Gasteiger partial charge in [0.2, 0.25) is 11.8 Å². The fourth-order valence-corrected chi connectivity index (χ4v) is 4.82. The van der Waals surface area contributed by atoms with E-state index in [9.17, 15) is 31.5 Å². The average Bonchev–Trinajstić information content (AvgIpc) is 3.29. The van der Waals surface area contributed by atoms with Crippen LogP contribution in [0.25, 0.3) is 21.1 Å². The number of rotatable bonds is 7. The number of anilines is 1. The maximum absolute atomic E-state index is 14.3. The lowest BCUT2D eigenvalue weighted by Crippen LogP contribution is -2.47. The molecule has 16 heteroatoms. The number of nitrogens with one attached hydrogen (secondary N) is 1. The average molecular weight is 593 g/mol. The molecule has 1 aliphatic rings. The van der Waals surface area contributed by atoms with E-state index < -0.39 is 46.8 Å². The quantitative estimate of drug-likeness (QED) is 0.402. The normalized spacial score (nSPS) is 14.5. The zero-order valence-corrected chi connectivity index (χ0v) is 21.9. The highest BCUT2D eigenvalue weighted by Gasteiger charge is 2.35. The highest BCUT2D eigenvalue weighted by molar-refractivity contribution is 7.18. The minimum Gasteiger partial charge on any atom is -0.404 e. The molecule has 0 aliphatic carbocycles. The van der Waals surface area contributed by atoms with Gasteiger partial charge >= 0.3 is 6.36 Å². The fraction of sp³-hybridized carbons (Fsp3) is 0.304. The number of benzene rings is 2. The SMILES string of the molecule is CN1CCN(CC(=O)Nc2c(OC(F)(F)F)ccc(C(N)=O)c2-c2nnc(-c3c(F)cccc3F)s2)CC1.Cl. The number of piperazine rings is 1. The Balaban J connectivity index is 0.00000420. The van der Waals surface area contributed by atoms with Gasteiger partial charge < -0.3 is 20.7 Å². The Morgan fingerprint density at radius 3 is 2.18 bits per heavy atom. The van der Waals surface area contributed by atoms with Gasteiger partial charge in [-0.3, -0.25) is 14.5 Å². The highest BCUT2D eigenvalue weighted by atomic mass is 35.5. The van der Waals surface area contributed by atoms with E-state index in [2.05, 4.69) is 25.2 Å². The first-order valence-corrected chi connectivity index (χ1v) is 12.0. The number of likely N-dealkylation sites (N-methyl/N-ethyl adjacent to an activating group) is 1. The maximum atomic E-state index is 14.3. The zero-order chi connectivity index (χ0) is 27.6. The molecule has 2 heterocycles. The van der Waals surface area contributed by atoms with Gasteiger partial charge in [0.15, 0.2) is 15.8 Å². The Kier molecular flexibility index (Phi) is 9.43. The molecule has 1 aromatic heterocycles. The molecule has 2 aromatic carbocycles. The molecular weight excluding hydrogens is 571 g/mol. The topological polar surface area (TPSA) is 114 Å². The van der Waals surface area contributed by atoms with Gasteiger partial charge in [-0.25, -0.2) is 8.78 Å². The minimum absolute atomic E-state index is 0. The van der Waals surface area contributed by atoms with Crippen molar-refractivity contribution in [1.82, 2.24) is 20.0 Å². The lowest BCUT2D eigenvalue weighted by molar-refractivity contribution is -0.274. The lowest BCUT2D eigenvalue weighted by atomic mass is 10.0. The molecule has 0 spiro atoms. The summed E-state index contributed by atoms with van der Waals surface area (Å²) in [6.45, 7) is 2.34. The van der Waals surface area contributed by atoms with Gasteiger partial charge in [0.1, 0.15) is 11.6 Å². The number of hydrogen-bond donors (Lipinski definition) is 2. The molecule has 0 atom stereocenters. The van der Waals surface area contributed by atoms with Crippen LogP contribution in [0.15, 0.2) is 30.3 Å². The van der Waals surface area contributed by atoms with Crippen LogP contribution >= 0.6 is 23.7 Å². The molecule has 9 nitrogen and oxygen atoms in total. The van der Waals surface area contributed by atoms with E-state index in [-0.39, 0.29) is 40.1 Å². The van der Waals surface area contributed by atoms with Gasteiger partial charge in [0, 0.05) is 26.2 Å². The van der Waals surface area contributed by atoms with E-state index in [1.54, 1.807) is 4.90 Å². The smallest absolute Gasteiger partial charge is 0.404 e. The number of nitrogens with two attached hydrogens (primary N) is 1. The van der Waals surface area contributed by atoms with Crippen LogP contribution in [0.5, 0.6) is 5.75 Å². The molecule has 0 radical (unpaired) electrons. The van der Waals surface area contributed by atoms with E-state index in [0.717, 1.165) is 30.3 Å². The first-order chi connectivity index (χ1) is 17.9. The van der Waals surface area contributed by atoms with Crippen molar-refractivity contribution in [3.8, 4) is 26.9 Å². The summed E-state index contributed by atoms with van der Waals surface area (Å²) in [6.07, 6.45) is -5.15. The molecule has 0 bridgehead atoms. The van der Waals surface area contributed by atoms with Gasteiger partial charge in [-0.2, -0.15) is 0 Å². The van der Waals surface area contributed by atoms with Crippen molar-refractivity contribution in [2.24, 2.45) is 5.73 Å². The predicted molar refractivity (Wildman–Crippen MR) is 136 cm³/mol. The molecule has 39 heavy (non-hydrogen) atoms. The third-order valence-corrected chi connectivity index (χ3v) is 6.66. The van der Waals surface area contributed by atoms with Crippen molar-refractivity contribution in [3.63, 3.8) is 0 Å². The third-order valence-electron chi connectivity index (χ3n) is 5.70. The summed E-state index contributed by atoms with van der Waals surface area (Å²) in [5.41, 5.74) is 3.78. The van der Waals surface area contributed by atoms with E-state index in [4.69, 9.17) is 5.73 Å².